The van der Waals surface area contributed by atoms with Crippen molar-refractivity contribution in [3.8, 4) is 0 Å². The number of benzene rings is 3. The number of thioether (sulfide) groups is 1. The SMILES string of the molecule is O=C1N(c2ccccc2)c2ccccc2C1(F)Sc1ccccc1. The molecule has 118 valence electrons. The Morgan fingerprint density at radius 3 is 2.08 bits per heavy atom. The smallest absolute Gasteiger partial charge is 0.277 e. The lowest BCUT2D eigenvalue weighted by atomic mass is 10.1. The fraction of sp³-hybridized carbons (Fsp3) is 0.0500. The second kappa shape index (κ2) is 5.80. The van der Waals surface area contributed by atoms with Gasteiger partial charge in [-0.25, -0.2) is 4.39 Å². The van der Waals surface area contributed by atoms with Crippen LogP contribution in [-0.4, -0.2) is 5.91 Å². The van der Waals surface area contributed by atoms with Gasteiger partial charge in [0.1, 0.15) is 0 Å². The molecule has 1 aliphatic rings. The van der Waals surface area contributed by atoms with Gasteiger partial charge in [0.25, 0.3) is 10.9 Å². The molecule has 1 atom stereocenters. The van der Waals surface area contributed by atoms with Crippen LogP contribution < -0.4 is 4.90 Å². The summed E-state index contributed by atoms with van der Waals surface area (Å²) in [6.45, 7) is 0. The Labute approximate surface area is 143 Å². The summed E-state index contributed by atoms with van der Waals surface area (Å²) in [5, 5.41) is -2.13. The first-order valence-electron chi connectivity index (χ1n) is 7.62. The van der Waals surface area contributed by atoms with Crippen molar-refractivity contribution >= 4 is 29.0 Å². The lowest BCUT2D eigenvalue weighted by Crippen LogP contribution is -2.32. The Hall–Kier alpha value is -2.59. The van der Waals surface area contributed by atoms with Crippen LogP contribution >= 0.6 is 11.8 Å². The van der Waals surface area contributed by atoms with Crippen LogP contribution in [-0.2, 0) is 9.80 Å². The Bertz CT molecular complexity index is 884. The highest BCUT2D eigenvalue weighted by Gasteiger charge is 2.53. The van der Waals surface area contributed by atoms with Crippen molar-refractivity contribution in [3.63, 3.8) is 0 Å². The summed E-state index contributed by atoms with van der Waals surface area (Å²) in [5.41, 5.74) is 1.66. The van der Waals surface area contributed by atoms with E-state index in [9.17, 15) is 4.79 Å². The maximum Gasteiger partial charge on any atom is 0.285 e. The highest BCUT2D eigenvalue weighted by Crippen LogP contribution is 2.54. The van der Waals surface area contributed by atoms with Crippen LogP contribution in [0.25, 0.3) is 0 Å². The fourth-order valence-corrected chi connectivity index (χ4v) is 3.97. The number of rotatable bonds is 3. The van der Waals surface area contributed by atoms with Crippen molar-refractivity contribution in [2.45, 2.75) is 9.90 Å². The van der Waals surface area contributed by atoms with Crippen molar-refractivity contribution in [1.82, 2.24) is 0 Å². The number of anilines is 2. The molecule has 0 aliphatic carbocycles. The molecule has 4 heteroatoms. The number of alkyl halides is 1. The molecule has 1 amide bonds. The van der Waals surface area contributed by atoms with Crippen LogP contribution in [0.2, 0.25) is 0 Å². The molecule has 0 saturated carbocycles. The maximum atomic E-state index is 15.9. The van der Waals surface area contributed by atoms with Crippen molar-refractivity contribution in [3.05, 3.63) is 90.5 Å². The topological polar surface area (TPSA) is 20.3 Å². The van der Waals surface area contributed by atoms with Crippen molar-refractivity contribution in [1.29, 1.82) is 0 Å². The fourth-order valence-electron chi connectivity index (χ4n) is 2.89. The van der Waals surface area contributed by atoms with Crippen LogP contribution in [0, 0.1) is 0 Å². The molecular weight excluding hydrogens is 321 g/mol. The summed E-state index contributed by atoms with van der Waals surface area (Å²) in [6.07, 6.45) is 0. The summed E-state index contributed by atoms with van der Waals surface area (Å²) in [4.78, 5) is 15.2. The molecule has 0 saturated heterocycles. The molecule has 2 nitrogen and oxygen atoms in total. The molecule has 24 heavy (non-hydrogen) atoms. The minimum atomic E-state index is -2.13. The standard InChI is InChI=1S/C20H14FNOS/c21-20(24-16-11-5-2-6-12-16)17-13-7-8-14-18(17)22(19(20)23)15-9-3-1-4-10-15/h1-14H. The van der Waals surface area contributed by atoms with E-state index >= 15 is 4.39 Å². The van der Waals surface area contributed by atoms with Gasteiger partial charge in [0.2, 0.25) is 0 Å². The first-order chi connectivity index (χ1) is 11.7. The van der Waals surface area contributed by atoms with Gasteiger partial charge >= 0.3 is 0 Å². The Morgan fingerprint density at radius 2 is 1.38 bits per heavy atom. The zero-order chi connectivity index (χ0) is 16.6. The third-order valence-corrected chi connectivity index (χ3v) is 5.17. The highest BCUT2D eigenvalue weighted by atomic mass is 32.2. The molecule has 0 fully saturated rings. The van der Waals surface area contributed by atoms with E-state index < -0.39 is 10.9 Å². The van der Waals surface area contributed by atoms with Gasteiger partial charge in [0.15, 0.2) is 0 Å². The van der Waals surface area contributed by atoms with Gasteiger partial charge in [-0.2, -0.15) is 0 Å². The van der Waals surface area contributed by atoms with E-state index in [2.05, 4.69) is 0 Å². The van der Waals surface area contributed by atoms with Crippen molar-refractivity contribution in [2.75, 3.05) is 4.90 Å². The normalized spacial score (nSPS) is 19.4. The van der Waals surface area contributed by atoms with Gasteiger partial charge in [-0.1, -0.05) is 66.4 Å². The van der Waals surface area contributed by atoms with E-state index in [4.69, 9.17) is 0 Å². The first kappa shape index (κ1) is 15.0. The second-order valence-corrected chi connectivity index (χ2v) is 6.74. The van der Waals surface area contributed by atoms with E-state index in [0.717, 1.165) is 16.7 Å². The zero-order valence-corrected chi connectivity index (χ0v) is 13.5. The zero-order valence-electron chi connectivity index (χ0n) is 12.7. The van der Waals surface area contributed by atoms with E-state index in [1.165, 1.54) is 4.90 Å². The predicted octanol–water partition coefficient (Wildman–Crippen LogP) is 5.28. The number of para-hydroxylation sites is 2. The van der Waals surface area contributed by atoms with Crippen molar-refractivity contribution < 1.29 is 9.18 Å². The summed E-state index contributed by atoms with van der Waals surface area (Å²) < 4.78 is 15.9. The number of fused-ring (bicyclic) bond motifs is 1. The average Bonchev–Trinajstić information content (AvgIpc) is 2.85. The van der Waals surface area contributed by atoms with Crippen LogP contribution in [0.1, 0.15) is 5.56 Å². The minimum Gasteiger partial charge on any atom is -0.277 e. The number of nitrogens with zero attached hydrogens (tertiary/aromatic N) is 1. The van der Waals surface area contributed by atoms with E-state index in [0.29, 0.717) is 16.9 Å². The van der Waals surface area contributed by atoms with Gasteiger partial charge in [-0.05, 0) is 30.3 Å². The first-order valence-corrected chi connectivity index (χ1v) is 8.44. The number of carbonyl (C=O) groups is 1. The van der Waals surface area contributed by atoms with Gasteiger partial charge in [-0.15, -0.1) is 0 Å². The quantitative estimate of drug-likeness (QED) is 0.649. The van der Waals surface area contributed by atoms with Crippen LogP contribution in [0.15, 0.2) is 89.8 Å². The van der Waals surface area contributed by atoms with E-state index in [1.54, 1.807) is 18.2 Å². The Kier molecular flexibility index (Phi) is 3.62. The molecule has 0 radical (unpaired) electrons. The molecule has 1 unspecified atom stereocenters. The predicted molar refractivity (Wildman–Crippen MR) is 95.1 cm³/mol. The van der Waals surface area contributed by atoms with Gasteiger partial charge in [0, 0.05) is 16.1 Å². The lowest BCUT2D eigenvalue weighted by molar-refractivity contribution is -0.123. The largest absolute Gasteiger partial charge is 0.285 e. The molecule has 0 bridgehead atoms. The van der Waals surface area contributed by atoms with E-state index in [-0.39, 0.29) is 0 Å². The molecule has 3 aromatic carbocycles. The number of hydrogen-bond donors (Lipinski definition) is 0. The van der Waals surface area contributed by atoms with Crippen LogP contribution in [0.5, 0.6) is 0 Å². The number of amides is 1. The molecular formula is C20H14FNOS. The summed E-state index contributed by atoms with van der Waals surface area (Å²) in [5.74, 6) is -0.566. The number of carbonyl (C=O) groups excluding carboxylic acids is 1. The third kappa shape index (κ3) is 2.31. The number of halogens is 1. The molecule has 3 aromatic rings. The summed E-state index contributed by atoms with van der Waals surface area (Å²) in [7, 11) is 0. The van der Waals surface area contributed by atoms with Crippen molar-refractivity contribution in [2.24, 2.45) is 0 Å². The van der Waals surface area contributed by atoms with Gasteiger partial charge in [-0.3, -0.25) is 9.69 Å². The van der Waals surface area contributed by atoms with Gasteiger partial charge in [0.05, 0.1) is 5.69 Å². The molecule has 4 rings (SSSR count). The van der Waals surface area contributed by atoms with Crippen LogP contribution in [0.4, 0.5) is 15.8 Å². The molecule has 0 aromatic heterocycles. The third-order valence-electron chi connectivity index (χ3n) is 3.99. The van der Waals surface area contributed by atoms with Gasteiger partial charge < -0.3 is 0 Å². The molecule has 0 N–H and O–H groups in total. The number of hydrogen-bond acceptors (Lipinski definition) is 2. The van der Waals surface area contributed by atoms with E-state index in [1.807, 2.05) is 66.7 Å². The Morgan fingerprint density at radius 1 is 0.792 bits per heavy atom. The van der Waals surface area contributed by atoms with Crippen LogP contribution in [0.3, 0.4) is 0 Å². The monoisotopic (exact) mass is 335 g/mol. The molecule has 1 heterocycles. The summed E-state index contributed by atoms with van der Waals surface area (Å²) >= 11 is 0.945. The second-order valence-electron chi connectivity index (χ2n) is 5.50. The maximum absolute atomic E-state index is 15.9. The molecule has 0 spiro atoms. The lowest BCUT2D eigenvalue weighted by Gasteiger charge is -2.20. The highest BCUT2D eigenvalue weighted by molar-refractivity contribution is 8.00. The summed E-state index contributed by atoms with van der Waals surface area (Å²) in [6, 6.07) is 25.4. The minimum absolute atomic E-state index is 0.396. The Balaban J connectivity index is 1.83. The average molecular weight is 335 g/mol. The molecule has 1 aliphatic heterocycles.